The van der Waals surface area contributed by atoms with Crippen LogP contribution >= 0.6 is 0 Å². The molecule has 0 spiro atoms. The van der Waals surface area contributed by atoms with Crippen molar-refractivity contribution in [2.45, 2.75) is 25.7 Å². The first-order valence-electron chi connectivity index (χ1n) is 3.66. The number of alkyl halides is 2. The summed E-state index contributed by atoms with van der Waals surface area (Å²) in [5.41, 5.74) is 0. The minimum absolute atomic E-state index is 0.255. The van der Waals surface area contributed by atoms with Crippen molar-refractivity contribution in [3.63, 3.8) is 0 Å². The van der Waals surface area contributed by atoms with Crippen molar-refractivity contribution in [1.82, 2.24) is 0 Å². The first-order valence-corrected chi connectivity index (χ1v) is 3.66. The zero-order valence-electron chi connectivity index (χ0n) is 6.74. The number of hydrogen-bond acceptors (Lipinski definition) is 2. The lowest BCUT2D eigenvalue weighted by molar-refractivity contribution is -0.144. The standard InChI is InChI=1S/C7H10F2O4/c8-5(9)3-4(7(12)13)1-2-6(10)11/h4-5H,1-3H2,(H,10,11)(H,12,13). The first-order chi connectivity index (χ1) is 5.93. The van der Waals surface area contributed by atoms with Crippen molar-refractivity contribution < 1.29 is 28.6 Å². The van der Waals surface area contributed by atoms with E-state index in [0.717, 1.165) is 0 Å². The van der Waals surface area contributed by atoms with Gasteiger partial charge in [-0.15, -0.1) is 0 Å². The Morgan fingerprint density at radius 1 is 1.23 bits per heavy atom. The van der Waals surface area contributed by atoms with E-state index in [1.54, 1.807) is 0 Å². The van der Waals surface area contributed by atoms with E-state index in [9.17, 15) is 18.4 Å². The van der Waals surface area contributed by atoms with Gasteiger partial charge in [0.25, 0.3) is 0 Å². The van der Waals surface area contributed by atoms with Crippen molar-refractivity contribution in [2.24, 2.45) is 5.92 Å². The van der Waals surface area contributed by atoms with E-state index in [4.69, 9.17) is 10.2 Å². The molecule has 0 aromatic carbocycles. The molecule has 0 aromatic heterocycles. The predicted molar refractivity (Wildman–Crippen MR) is 38.6 cm³/mol. The number of carbonyl (C=O) groups is 2. The van der Waals surface area contributed by atoms with Crippen LogP contribution in [0.15, 0.2) is 0 Å². The fourth-order valence-corrected chi connectivity index (χ4v) is 0.855. The Bertz CT molecular complexity index is 193. The number of rotatable bonds is 6. The molecule has 0 saturated carbocycles. The van der Waals surface area contributed by atoms with Crippen molar-refractivity contribution in [3.05, 3.63) is 0 Å². The average Bonchev–Trinajstić information content (AvgIpc) is 1.96. The summed E-state index contributed by atoms with van der Waals surface area (Å²) in [5.74, 6) is -3.82. The average molecular weight is 196 g/mol. The highest BCUT2D eigenvalue weighted by molar-refractivity contribution is 5.72. The Kier molecular flexibility index (Phi) is 4.94. The van der Waals surface area contributed by atoms with Gasteiger partial charge < -0.3 is 10.2 Å². The van der Waals surface area contributed by atoms with Gasteiger partial charge in [-0.25, -0.2) is 8.78 Å². The molecule has 2 N–H and O–H groups in total. The van der Waals surface area contributed by atoms with Crippen LogP contribution in [0.5, 0.6) is 0 Å². The lowest BCUT2D eigenvalue weighted by atomic mass is 10.00. The SMILES string of the molecule is O=C(O)CCC(CC(F)F)C(=O)O. The van der Waals surface area contributed by atoms with Crippen LogP contribution in [-0.4, -0.2) is 28.6 Å². The van der Waals surface area contributed by atoms with Gasteiger partial charge in [0.1, 0.15) is 0 Å². The molecule has 0 rings (SSSR count). The topological polar surface area (TPSA) is 74.6 Å². The molecule has 0 aliphatic carbocycles. The van der Waals surface area contributed by atoms with Gasteiger partial charge >= 0.3 is 11.9 Å². The van der Waals surface area contributed by atoms with Crippen LogP contribution in [0.2, 0.25) is 0 Å². The summed E-state index contributed by atoms with van der Waals surface area (Å²) in [4.78, 5) is 20.4. The smallest absolute Gasteiger partial charge is 0.306 e. The molecule has 0 aliphatic heterocycles. The minimum atomic E-state index is -2.71. The zero-order chi connectivity index (χ0) is 10.4. The summed E-state index contributed by atoms with van der Waals surface area (Å²) >= 11 is 0. The van der Waals surface area contributed by atoms with E-state index in [-0.39, 0.29) is 6.42 Å². The fraction of sp³-hybridized carbons (Fsp3) is 0.714. The Labute approximate surface area is 73.2 Å². The van der Waals surface area contributed by atoms with Crippen LogP contribution in [0.3, 0.4) is 0 Å². The maximum absolute atomic E-state index is 11.8. The molecular formula is C7H10F2O4. The van der Waals surface area contributed by atoms with E-state index in [1.165, 1.54) is 0 Å². The number of halogens is 2. The van der Waals surface area contributed by atoms with Gasteiger partial charge in [-0.1, -0.05) is 0 Å². The highest BCUT2D eigenvalue weighted by atomic mass is 19.3. The van der Waals surface area contributed by atoms with Crippen LogP contribution < -0.4 is 0 Å². The molecule has 76 valence electrons. The van der Waals surface area contributed by atoms with Gasteiger partial charge in [0, 0.05) is 12.8 Å². The summed E-state index contributed by atoms with van der Waals surface area (Å²) in [6.45, 7) is 0. The lowest BCUT2D eigenvalue weighted by Crippen LogP contribution is -2.18. The van der Waals surface area contributed by atoms with Gasteiger partial charge in [0.05, 0.1) is 5.92 Å². The van der Waals surface area contributed by atoms with Gasteiger partial charge in [-0.05, 0) is 6.42 Å². The fourth-order valence-electron chi connectivity index (χ4n) is 0.855. The highest BCUT2D eigenvalue weighted by Crippen LogP contribution is 2.16. The molecule has 0 heterocycles. The molecule has 0 fully saturated rings. The Balaban J connectivity index is 3.95. The summed E-state index contributed by atoms with van der Waals surface area (Å²) < 4.78 is 23.5. The monoisotopic (exact) mass is 196 g/mol. The van der Waals surface area contributed by atoms with Crippen LogP contribution in [0.25, 0.3) is 0 Å². The maximum atomic E-state index is 11.8. The molecule has 0 amide bonds. The largest absolute Gasteiger partial charge is 0.481 e. The Hall–Kier alpha value is -1.20. The third kappa shape index (κ3) is 6.01. The zero-order valence-corrected chi connectivity index (χ0v) is 6.74. The molecular weight excluding hydrogens is 186 g/mol. The van der Waals surface area contributed by atoms with Crippen LogP contribution in [0, 0.1) is 5.92 Å². The van der Waals surface area contributed by atoms with Gasteiger partial charge in [-0.2, -0.15) is 0 Å². The summed E-state index contributed by atoms with van der Waals surface area (Å²) in [5, 5.41) is 16.6. The predicted octanol–water partition coefficient (Wildman–Crippen LogP) is 1.21. The van der Waals surface area contributed by atoms with E-state index < -0.39 is 37.1 Å². The second kappa shape index (κ2) is 5.45. The number of carboxylic acids is 2. The third-order valence-electron chi connectivity index (χ3n) is 1.52. The highest BCUT2D eigenvalue weighted by Gasteiger charge is 2.22. The van der Waals surface area contributed by atoms with E-state index in [0.29, 0.717) is 0 Å². The molecule has 0 aromatic rings. The van der Waals surface area contributed by atoms with Crippen LogP contribution in [-0.2, 0) is 9.59 Å². The molecule has 0 radical (unpaired) electrons. The normalized spacial score (nSPS) is 12.8. The molecule has 0 bridgehead atoms. The second-order valence-electron chi connectivity index (χ2n) is 2.59. The summed E-state index contributed by atoms with van der Waals surface area (Å²) in [6, 6.07) is 0. The third-order valence-corrected chi connectivity index (χ3v) is 1.52. The lowest BCUT2D eigenvalue weighted by Gasteiger charge is -2.09. The van der Waals surface area contributed by atoms with Gasteiger partial charge in [0.2, 0.25) is 6.43 Å². The van der Waals surface area contributed by atoms with Crippen LogP contribution in [0.1, 0.15) is 19.3 Å². The van der Waals surface area contributed by atoms with Crippen LogP contribution in [0.4, 0.5) is 8.78 Å². The number of carboxylic acid groups (broad SMARTS) is 2. The van der Waals surface area contributed by atoms with Gasteiger partial charge in [-0.3, -0.25) is 9.59 Å². The molecule has 1 unspecified atom stereocenters. The van der Waals surface area contributed by atoms with Crippen molar-refractivity contribution in [3.8, 4) is 0 Å². The molecule has 6 heteroatoms. The molecule has 13 heavy (non-hydrogen) atoms. The number of aliphatic carboxylic acids is 2. The first kappa shape index (κ1) is 11.8. The second-order valence-corrected chi connectivity index (χ2v) is 2.59. The molecule has 1 atom stereocenters. The quantitative estimate of drug-likeness (QED) is 0.669. The summed E-state index contributed by atoms with van der Waals surface area (Å²) in [6.07, 6.45) is -4.16. The van der Waals surface area contributed by atoms with Gasteiger partial charge in [0.15, 0.2) is 0 Å². The maximum Gasteiger partial charge on any atom is 0.306 e. The Morgan fingerprint density at radius 2 is 1.77 bits per heavy atom. The van der Waals surface area contributed by atoms with E-state index in [2.05, 4.69) is 0 Å². The van der Waals surface area contributed by atoms with Crippen molar-refractivity contribution >= 4 is 11.9 Å². The number of hydrogen-bond donors (Lipinski definition) is 2. The minimum Gasteiger partial charge on any atom is -0.481 e. The summed E-state index contributed by atoms with van der Waals surface area (Å²) in [7, 11) is 0. The molecule has 0 aliphatic rings. The molecule has 4 nitrogen and oxygen atoms in total. The Morgan fingerprint density at radius 3 is 2.08 bits per heavy atom. The van der Waals surface area contributed by atoms with E-state index >= 15 is 0 Å². The molecule has 0 saturated heterocycles. The van der Waals surface area contributed by atoms with E-state index in [1.807, 2.05) is 0 Å². The van der Waals surface area contributed by atoms with Crippen molar-refractivity contribution in [2.75, 3.05) is 0 Å². The van der Waals surface area contributed by atoms with Crippen molar-refractivity contribution in [1.29, 1.82) is 0 Å².